The van der Waals surface area contributed by atoms with E-state index < -0.39 is 62.9 Å². The molecule has 8 aliphatic carbocycles. The molecule has 9 fully saturated rings. The van der Waals surface area contributed by atoms with E-state index in [1.54, 1.807) is 4.90 Å². The normalized spacial score (nSPS) is 49.0. The highest BCUT2D eigenvalue weighted by Gasteiger charge is 2.68. The van der Waals surface area contributed by atoms with Crippen LogP contribution >= 0.6 is 0 Å². The second-order valence-corrected chi connectivity index (χ2v) is 27.7. The molecule has 0 aromatic heterocycles. The van der Waals surface area contributed by atoms with E-state index in [0.29, 0.717) is 55.3 Å². The fourth-order valence-electron chi connectivity index (χ4n) is 18.6. The molecule has 6 unspecified atom stereocenters. The minimum Gasteiger partial charge on any atom is -0.481 e. The van der Waals surface area contributed by atoms with Gasteiger partial charge in [0.05, 0.1) is 23.7 Å². The number of carbonyl (C=O) groups excluding carboxylic acids is 1. The van der Waals surface area contributed by atoms with Crippen LogP contribution in [0, 0.1) is 92.7 Å². The number of alkyl halides is 4. The van der Waals surface area contributed by atoms with Crippen LogP contribution in [0.5, 0.6) is 0 Å². The Labute approximate surface area is 397 Å². The van der Waals surface area contributed by atoms with Crippen molar-refractivity contribution in [2.75, 3.05) is 24.6 Å². The molecule has 5 N–H and O–H groups in total. The van der Waals surface area contributed by atoms with Gasteiger partial charge in [0.2, 0.25) is 5.91 Å². The molecule has 0 spiro atoms. The molecule has 0 aromatic rings. The number of hydrogen-bond acceptors (Lipinski definition) is 8. The summed E-state index contributed by atoms with van der Waals surface area (Å²) in [4.78, 5) is 25.5. The van der Waals surface area contributed by atoms with Gasteiger partial charge in [0.1, 0.15) is 12.2 Å². The first kappa shape index (κ1) is 51.8. The summed E-state index contributed by atoms with van der Waals surface area (Å²) >= 11 is 0. The summed E-state index contributed by atoms with van der Waals surface area (Å²) in [5, 5.41) is 51.7. The van der Waals surface area contributed by atoms with Crippen molar-refractivity contribution in [1.82, 2.24) is 4.90 Å². The average Bonchev–Trinajstić information content (AvgIpc) is 3.78. The van der Waals surface area contributed by atoms with E-state index in [1.807, 2.05) is 13.8 Å². The molecule has 9 aliphatic rings. The molecule has 67 heavy (non-hydrogen) atoms. The zero-order valence-corrected chi connectivity index (χ0v) is 41.8. The molecular formula is C52H83F4NO9S. The third-order valence-corrected chi connectivity index (χ3v) is 23.8. The van der Waals surface area contributed by atoms with Crippen LogP contribution in [0.4, 0.5) is 17.6 Å². The third-order valence-electron chi connectivity index (χ3n) is 22.2. The Kier molecular flexibility index (Phi) is 14.1. The molecule has 384 valence electrons. The van der Waals surface area contributed by atoms with E-state index in [4.69, 9.17) is 5.11 Å². The number of fused-ring (bicyclic) bond motifs is 10. The summed E-state index contributed by atoms with van der Waals surface area (Å²) in [6, 6.07) is 0. The number of aliphatic hydroxyl groups is 4. The summed E-state index contributed by atoms with van der Waals surface area (Å²) in [6.45, 7) is 13.6. The van der Waals surface area contributed by atoms with Crippen LogP contribution in [0.3, 0.4) is 0 Å². The minimum absolute atomic E-state index is 0.0140. The van der Waals surface area contributed by atoms with Gasteiger partial charge in [0.25, 0.3) is 11.8 Å². The van der Waals surface area contributed by atoms with Gasteiger partial charge in [0.15, 0.2) is 9.84 Å². The maximum Gasteiger partial charge on any atom is 0.303 e. The largest absolute Gasteiger partial charge is 0.481 e. The Hall–Kier alpha value is -1.55. The number of carboxylic acid groups (broad SMARTS) is 1. The molecule has 15 heteroatoms. The lowest BCUT2D eigenvalue weighted by Gasteiger charge is -2.63. The molecule has 1 amide bonds. The third kappa shape index (κ3) is 9.07. The Morgan fingerprint density at radius 3 is 1.39 bits per heavy atom. The monoisotopic (exact) mass is 974 g/mol. The van der Waals surface area contributed by atoms with Crippen LogP contribution < -0.4 is 0 Å². The summed E-state index contributed by atoms with van der Waals surface area (Å²) in [5.74, 6) is -4.65. The lowest BCUT2D eigenvalue weighted by atomic mass is 9.43. The minimum atomic E-state index is -3.07. The first-order valence-electron chi connectivity index (χ1n) is 26.3. The molecule has 1 aliphatic heterocycles. The van der Waals surface area contributed by atoms with Crippen LogP contribution in [0.1, 0.15) is 157 Å². The smallest absolute Gasteiger partial charge is 0.303 e. The Morgan fingerprint density at radius 1 is 0.597 bits per heavy atom. The molecule has 1 heterocycles. The number of sulfone groups is 1. The summed E-state index contributed by atoms with van der Waals surface area (Å²) < 4.78 is 82.0. The van der Waals surface area contributed by atoms with Crippen LogP contribution in [0.15, 0.2) is 0 Å². The Morgan fingerprint density at radius 2 is 0.985 bits per heavy atom. The number of aliphatic carboxylic acids is 1. The van der Waals surface area contributed by atoms with E-state index in [1.165, 1.54) is 0 Å². The van der Waals surface area contributed by atoms with E-state index in [-0.39, 0.29) is 115 Å². The fraction of sp³-hybridized carbons (Fsp3) is 0.962. The fourth-order valence-corrected chi connectivity index (χ4v) is 19.8. The van der Waals surface area contributed by atoms with E-state index in [9.17, 15) is 56.0 Å². The van der Waals surface area contributed by atoms with Gasteiger partial charge in [-0.3, -0.25) is 9.59 Å². The SMILES string of the molecule is C[C@H](CCC(=O)N1CCS(=O)(=O)CC1)[C@H]1CCC2C3C(CC[C@@]21C)[C@@]1(C)CC(F)(F)[C@H](O)C[C@H]1C[C@@H]3O.C[C@H](CCC(=O)O)[C@H]1CCC2C3C(CC[C@@]21C)[C@@]1(C)CC(F)(F)[C@H](O)C[C@H]1C[C@@H]3O. The van der Waals surface area contributed by atoms with Crippen LogP contribution in [-0.4, -0.2) is 112 Å². The van der Waals surface area contributed by atoms with E-state index >= 15 is 0 Å². The number of amides is 1. The second kappa shape index (κ2) is 18.2. The second-order valence-electron chi connectivity index (χ2n) is 25.4. The molecule has 10 nitrogen and oxygen atoms in total. The average molecular weight is 974 g/mol. The quantitative estimate of drug-likeness (QED) is 0.149. The molecule has 8 saturated carbocycles. The van der Waals surface area contributed by atoms with Gasteiger partial charge in [-0.05, 0) is 183 Å². The highest BCUT2D eigenvalue weighted by atomic mass is 32.2. The van der Waals surface area contributed by atoms with Crippen molar-refractivity contribution < 1.29 is 61.1 Å². The predicted octanol–water partition coefficient (Wildman–Crippen LogP) is 8.62. The van der Waals surface area contributed by atoms with Crippen molar-refractivity contribution >= 4 is 21.7 Å². The van der Waals surface area contributed by atoms with E-state index in [2.05, 4.69) is 27.7 Å². The molecule has 0 radical (unpaired) electrons. The molecule has 1 saturated heterocycles. The van der Waals surface area contributed by atoms with Crippen molar-refractivity contribution in [3.63, 3.8) is 0 Å². The molecule has 9 rings (SSSR count). The molecule has 20 atom stereocenters. The highest BCUT2D eigenvalue weighted by Crippen LogP contribution is 2.71. The van der Waals surface area contributed by atoms with Crippen molar-refractivity contribution in [2.24, 2.45) is 92.7 Å². The van der Waals surface area contributed by atoms with Gasteiger partial charge >= 0.3 is 5.97 Å². The van der Waals surface area contributed by atoms with Crippen molar-refractivity contribution in [3.05, 3.63) is 0 Å². The number of carboxylic acids is 1. The van der Waals surface area contributed by atoms with Gasteiger partial charge in [-0.1, -0.05) is 41.5 Å². The zero-order valence-electron chi connectivity index (χ0n) is 41.0. The standard InChI is InChI=1S/C28H45F2NO5S.C24H38F2O4/c1-17(4-7-24(34)31-10-12-37(35,36)13-11-31)19-5-6-20-25-21(8-9-26(19,20)2)27(3)16-28(29,30)23(33)15-18(27)14-22(25)32;1-13(4-7-20(29)30)15-5-6-16-21-17(8-9-22(15,16)2)23(3)12-24(25,26)19(28)11-14(23)10-18(21)27/h17-23,25,32-33H,4-16H2,1-3H3;13-19,21,27-28H,4-12H2,1-3H3,(H,29,30)/t17-,18-,19-,20?,21?,22+,23-,25?,26-,27+;13-,14-,15-,16?,17?,18+,19-,21?,22-,23+/m11/s1. The van der Waals surface area contributed by atoms with Gasteiger partial charge in [0, 0.05) is 38.8 Å². The topological polar surface area (TPSA) is 173 Å². The molecule has 0 aromatic carbocycles. The van der Waals surface area contributed by atoms with Crippen LogP contribution in [-0.2, 0) is 19.4 Å². The van der Waals surface area contributed by atoms with Gasteiger partial charge in [-0.25, -0.2) is 26.0 Å². The molecular weight excluding hydrogens is 891 g/mol. The zero-order chi connectivity index (χ0) is 49.0. The van der Waals surface area contributed by atoms with Crippen LogP contribution in [0.2, 0.25) is 0 Å². The van der Waals surface area contributed by atoms with E-state index in [0.717, 1.165) is 57.8 Å². The summed E-state index contributed by atoms with van der Waals surface area (Å²) in [7, 11) is -3.02. The summed E-state index contributed by atoms with van der Waals surface area (Å²) in [6.07, 6.45) is 6.05. The van der Waals surface area contributed by atoms with Crippen molar-refractivity contribution in [3.8, 4) is 0 Å². The number of carbonyl (C=O) groups is 2. The Bertz CT molecular complexity index is 1950. The van der Waals surface area contributed by atoms with Gasteiger partial charge in [-0.15, -0.1) is 0 Å². The summed E-state index contributed by atoms with van der Waals surface area (Å²) in [5.41, 5.74) is -1.05. The van der Waals surface area contributed by atoms with Crippen LogP contribution in [0.25, 0.3) is 0 Å². The first-order chi connectivity index (χ1) is 31.1. The van der Waals surface area contributed by atoms with Crippen molar-refractivity contribution in [2.45, 2.75) is 193 Å². The van der Waals surface area contributed by atoms with Gasteiger partial charge in [-0.2, -0.15) is 0 Å². The lowest BCUT2D eigenvalue weighted by molar-refractivity contribution is -0.236. The Balaban J connectivity index is 0.000000186. The lowest BCUT2D eigenvalue weighted by Crippen LogP contribution is -2.62. The predicted molar refractivity (Wildman–Crippen MR) is 246 cm³/mol. The maximum atomic E-state index is 14.7. The number of hydrogen-bond donors (Lipinski definition) is 5. The molecule has 0 bridgehead atoms. The number of nitrogens with zero attached hydrogens (tertiary/aromatic N) is 1. The van der Waals surface area contributed by atoms with Gasteiger partial charge < -0.3 is 30.4 Å². The number of aliphatic hydroxyl groups excluding tert-OH is 4. The number of rotatable bonds is 8. The maximum absolute atomic E-state index is 14.7. The van der Waals surface area contributed by atoms with Crippen molar-refractivity contribution in [1.29, 1.82) is 0 Å². The highest BCUT2D eigenvalue weighted by molar-refractivity contribution is 7.91. The number of halogens is 4. The first-order valence-corrected chi connectivity index (χ1v) is 28.1.